The second kappa shape index (κ2) is 14.4. The van der Waals surface area contributed by atoms with Crippen molar-refractivity contribution in [1.29, 1.82) is 0 Å². The third-order valence-corrected chi connectivity index (χ3v) is 8.59. The van der Waals surface area contributed by atoms with E-state index in [2.05, 4.69) is 0 Å². The minimum atomic E-state index is -4.18. The van der Waals surface area contributed by atoms with Gasteiger partial charge < -0.3 is 19.3 Å². The second-order valence-corrected chi connectivity index (χ2v) is 13.9. The number of ether oxygens (including phenoxy) is 2. The number of hydrogen-bond acceptors (Lipinski definition) is 8. The highest BCUT2D eigenvalue weighted by Gasteiger charge is 2.44. The molecule has 3 rings (SSSR count). The van der Waals surface area contributed by atoms with Crippen molar-refractivity contribution < 1.29 is 36.5 Å². The van der Waals surface area contributed by atoms with Gasteiger partial charge in [0.2, 0.25) is 5.91 Å². The Bertz CT molecular complexity index is 1350. The number of likely N-dealkylation sites (tertiary alicyclic amines) is 1. The molecule has 43 heavy (non-hydrogen) atoms. The van der Waals surface area contributed by atoms with E-state index in [9.17, 15) is 22.8 Å². The molecule has 0 bridgehead atoms. The first-order chi connectivity index (χ1) is 20.1. The molecule has 0 aromatic heterocycles. The summed E-state index contributed by atoms with van der Waals surface area (Å²) >= 11 is 0. The van der Waals surface area contributed by atoms with Gasteiger partial charge in [0.05, 0.1) is 23.5 Å². The molecular formula is C32H44N2O8S. The van der Waals surface area contributed by atoms with Gasteiger partial charge in [-0.3, -0.25) is 8.98 Å². The summed E-state index contributed by atoms with van der Waals surface area (Å²) < 4.78 is 42.8. The maximum atomic E-state index is 14.1. The number of rotatable bonds is 10. The van der Waals surface area contributed by atoms with Gasteiger partial charge in [-0.15, -0.1) is 0 Å². The molecule has 10 nitrogen and oxygen atoms in total. The third kappa shape index (κ3) is 9.27. The van der Waals surface area contributed by atoms with Crippen LogP contribution in [-0.2, 0) is 40.0 Å². The predicted molar refractivity (Wildman–Crippen MR) is 161 cm³/mol. The van der Waals surface area contributed by atoms with Crippen LogP contribution in [0.4, 0.5) is 4.79 Å². The molecule has 2 aromatic rings. The first-order valence-corrected chi connectivity index (χ1v) is 15.9. The molecule has 1 fully saturated rings. The zero-order chi connectivity index (χ0) is 31.9. The number of amides is 2. The van der Waals surface area contributed by atoms with Crippen LogP contribution in [0.5, 0.6) is 0 Å². The Morgan fingerprint density at radius 3 is 2.23 bits per heavy atom. The second-order valence-electron chi connectivity index (χ2n) is 12.3. The van der Waals surface area contributed by atoms with Crippen LogP contribution in [-0.4, -0.2) is 74.1 Å². The summed E-state index contributed by atoms with van der Waals surface area (Å²) in [6.45, 7) is 10.5. The Balaban J connectivity index is 1.86. The Kier molecular flexibility index (Phi) is 11.4. The minimum absolute atomic E-state index is 0.0289. The van der Waals surface area contributed by atoms with Crippen LogP contribution < -0.4 is 0 Å². The van der Waals surface area contributed by atoms with E-state index in [1.165, 1.54) is 29.0 Å². The van der Waals surface area contributed by atoms with Gasteiger partial charge in [0.1, 0.15) is 18.2 Å². The summed E-state index contributed by atoms with van der Waals surface area (Å²) in [5.41, 5.74) is 0.896. The summed E-state index contributed by atoms with van der Waals surface area (Å²) in [7, 11) is -2.65. The lowest BCUT2D eigenvalue weighted by Gasteiger charge is -2.42. The van der Waals surface area contributed by atoms with Crippen LogP contribution in [0.3, 0.4) is 0 Å². The van der Waals surface area contributed by atoms with Gasteiger partial charge in [0.25, 0.3) is 10.1 Å². The van der Waals surface area contributed by atoms with Crippen molar-refractivity contribution in [3.05, 3.63) is 65.7 Å². The maximum absolute atomic E-state index is 14.1. The van der Waals surface area contributed by atoms with Crippen molar-refractivity contribution in [2.45, 2.75) is 83.6 Å². The van der Waals surface area contributed by atoms with Crippen LogP contribution in [0.15, 0.2) is 59.5 Å². The first kappa shape index (κ1) is 34.1. The monoisotopic (exact) mass is 616 g/mol. The largest absolute Gasteiger partial charge is 0.459 e. The number of likely N-dealkylation sites (N-methyl/N-ethyl adjacent to an activating group) is 1. The van der Waals surface area contributed by atoms with Crippen molar-refractivity contribution >= 4 is 28.1 Å². The average Bonchev–Trinajstić information content (AvgIpc) is 2.94. The molecule has 236 valence electrons. The van der Waals surface area contributed by atoms with E-state index in [1.54, 1.807) is 32.9 Å². The van der Waals surface area contributed by atoms with Crippen LogP contribution >= 0.6 is 0 Å². The molecule has 0 aliphatic carbocycles. The molecule has 2 aromatic carbocycles. The molecule has 0 spiro atoms. The summed E-state index contributed by atoms with van der Waals surface area (Å²) in [4.78, 5) is 43.2. The fraction of sp³-hybridized carbons (Fsp3) is 0.531. The number of esters is 1. The molecule has 3 atom stereocenters. The Morgan fingerprint density at radius 1 is 1.02 bits per heavy atom. The topological polar surface area (TPSA) is 120 Å². The Morgan fingerprint density at radius 2 is 1.65 bits per heavy atom. The zero-order valence-corrected chi connectivity index (χ0v) is 26.9. The molecule has 0 radical (unpaired) electrons. The molecule has 1 heterocycles. The van der Waals surface area contributed by atoms with Crippen molar-refractivity contribution in [2.24, 2.45) is 11.8 Å². The number of hydrogen-bond donors (Lipinski definition) is 0. The summed E-state index contributed by atoms with van der Waals surface area (Å²) in [6, 6.07) is 13.6. The normalized spacial score (nSPS) is 18.2. The molecule has 2 amide bonds. The number of carbonyl (C=O) groups is 3. The lowest BCUT2D eigenvalue weighted by Crippen LogP contribution is -2.58. The van der Waals surface area contributed by atoms with Gasteiger partial charge in [-0.25, -0.2) is 9.59 Å². The number of benzene rings is 2. The van der Waals surface area contributed by atoms with Crippen LogP contribution in [0.2, 0.25) is 0 Å². The van der Waals surface area contributed by atoms with E-state index in [-0.39, 0.29) is 24.0 Å². The fourth-order valence-electron chi connectivity index (χ4n) is 5.12. The molecule has 0 unspecified atom stereocenters. The molecule has 1 saturated heterocycles. The molecule has 11 heteroatoms. The third-order valence-electron chi connectivity index (χ3n) is 7.29. The molecule has 1 aliphatic heterocycles. The number of aryl methyl sites for hydroxylation is 1. The highest BCUT2D eigenvalue weighted by molar-refractivity contribution is 7.86. The zero-order valence-electron chi connectivity index (χ0n) is 26.1. The Labute approximate surface area is 255 Å². The van der Waals surface area contributed by atoms with Crippen molar-refractivity contribution in [3.63, 3.8) is 0 Å². The van der Waals surface area contributed by atoms with Crippen LogP contribution in [0, 0.1) is 18.8 Å². The summed E-state index contributed by atoms with van der Waals surface area (Å²) in [5, 5.41) is 0. The van der Waals surface area contributed by atoms with E-state index >= 15 is 0 Å². The van der Waals surface area contributed by atoms with Crippen molar-refractivity contribution in [3.8, 4) is 0 Å². The standard InChI is InChI=1S/C32H44N2O8S/c1-22(2)28(30(36)40-20-24-12-9-8-10-13-24)33(7)29(35)26-14-11-19-34(31(37)42-32(4,5)6)27(26)21-41-43(38,39)25-17-15-23(3)16-18-25/h8-10,12-13,15-18,22,26-28H,11,14,19-21H2,1-7H3/t26-,27+,28-/m0/s1. The smallest absolute Gasteiger partial charge is 0.410 e. The van der Waals surface area contributed by atoms with Gasteiger partial charge in [-0.1, -0.05) is 61.9 Å². The lowest BCUT2D eigenvalue weighted by molar-refractivity contribution is -0.160. The van der Waals surface area contributed by atoms with Crippen LogP contribution in [0.25, 0.3) is 0 Å². The number of piperidine rings is 1. The number of carbonyl (C=O) groups excluding carboxylic acids is 3. The van der Waals surface area contributed by atoms with Crippen molar-refractivity contribution in [1.82, 2.24) is 9.80 Å². The molecule has 0 N–H and O–H groups in total. The van der Waals surface area contributed by atoms with Gasteiger partial charge in [-0.2, -0.15) is 8.42 Å². The van der Waals surface area contributed by atoms with Gasteiger partial charge in [-0.05, 0) is 64.2 Å². The van der Waals surface area contributed by atoms with Gasteiger partial charge in [0.15, 0.2) is 0 Å². The number of nitrogens with zero attached hydrogens (tertiary/aromatic N) is 2. The van der Waals surface area contributed by atoms with E-state index in [0.29, 0.717) is 12.8 Å². The highest BCUT2D eigenvalue weighted by atomic mass is 32.2. The van der Waals surface area contributed by atoms with Gasteiger partial charge in [0, 0.05) is 13.6 Å². The SMILES string of the molecule is Cc1ccc(S(=O)(=O)OC[C@@H]2[C@@H](C(=O)N(C)[C@H](C(=O)OCc3ccccc3)C(C)C)CCCN2C(=O)OC(C)(C)C)cc1. The van der Waals surface area contributed by atoms with Crippen molar-refractivity contribution in [2.75, 3.05) is 20.2 Å². The summed E-state index contributed by atoms with van der Waals surface area (Å²) in [5.74, 6) is -2.09. The van der Waals surface area contributed by atoms with E-state index in [1.807, 2.05) is 51.1 Å². The van der Waals surface area contributed by atoms with E-state index < -0.39 is 58.3 Å². The van der Waals surface area contributed by atoms with Crippen LogP contribution in [0.1, 0.15) is 58.6 Å². The average molecular weight is 617 g/mol. The molecule has 1 aliphatic rings. The highest BCUT2D eigenvalue weighted by Crippen LogP contribution is 2.30. The first-order valence-electron chi connectivity index (χ1n) is 14.5. The predicted octanol–water partition coefficient (Wildman–Crippen LogP) is 4.94. The summed E-state index contributed by atoms with van der Waals surface area (Å²) in [6.07, 6.45) is 0.178. The lowest BCUT2D eigenvalue weighted by atomic mass is 9.87. The van der Waals surface area contributed by atoms with E-state index in [0.717, 1.165) is 11.1 Å². The van der Waals surface area contributed by atoms with Gasteiger partial charge >= 0.3 is 12.1 Å². The maximum Gasteiger partial charge on any atom is 0.410 e. The van der Waals surface area contributed by atoms with E-state index in [4.69, 9.17) is 13.7 Å². The molecule has 0 saturated carbocycles. The quantitative estimate of drug-likeness (QED) is 0.272. The fourth-order valence-corrected chi connectivity index (χ4v) is 6.04. The Hall–Kier alpha value is -3.44. The minimum Gasteiger partial charge on any atom is -0.459 e. The molecular weight excluding hydrogens is 572 g/mol.